The average molecular weight is 307 g/mol. The van der Waals surface area contributed by atoms with Gasteiger partial charge >= 0.3 is 0 Å². The molecule has 1 aromatic rings. The van der Waals surface area contributed by atoms with Crippen molar-refractivity contribution in [1.82, 2.24) is 4.72 Å². The molecular formula is C12H19ClN2O3S. The van der Waals surface area contributed by atoms with Crippen LogP contribution in [0.15, 0.2) is 17.0 Å². The lowest BCUT2D eigenvalue weighted by Crippen LogP contribution is -2.30. The van der Waals surface area contributed by atoms with Gasteiger partial charge in [0.25, 0.3) is 0 Å². The normalized spacial score (nSPS) is 13.5. The molecule has 108 valence electrons. The summed E-state index contributed by atoms with van der Waals surface area (Å²) in [5.74, 6) is 0.0877. The molecule has 1 atom stereocenters. The van der Waals surface area contributed by atoms with Crippen LogP contribution in [0.4, 0.5) is 5.69 Å². The third-order valence-electron chi connectivity index (χ3n) is 2.66. The van der Waals surface area contributed by atoms with Gasteiger partial charge in [0.15, 0.2) is 0 Å². The number of nitrogen functional groups attached to an aromatic ring is 1. The summed E-state index contributed by atoms with van der Waals surface area (Å²) in [6, 6.07) is 2.92. The van der Waals surface area contributed by atoms with Gasteiger partial charge in [-0.2, -0.15) is 0 Å². The van der Waals surface area contributed by atoms with E-state index in [0.29, 0.717) is 23.7 Å². The van der Waals surface area contributed by atoms with E-state index in [4.69, 9.17) is 22.1 Å². The molecule has 0 radical (unpaired) electrons. The minimum Gasteiger partial charge on any atom is -0.397 e. The number of rotatable bonds is 6. The highest BCUT2D eigenvalue weighted by molar-refractivity contribution is 7.89. The number of methoxy groups -OCH3 is 1. The maximum absolute atomic E-state index is 12.2. The van der Waals surface area contributed by atoms with Gasteiger partial charge in [-0.15, -0.1) is 0 Å². The van der Waals surface area contributed by atoms with Crippen molar-refractivity contribution >= 4 is 27.3 Å². The van der Waals surface area contributed by atoms with E-state index >= 15 is 0 Å². The topological polar surface area (TPSA) is 81.4 Å². The second kappa shape index (κ2) is 6.56. The molecule has 0 spiro atoms. The van der Waals surface area contributed by atoms with Crippen LogP contribution in [0.25, 0.3) is 0 Å². The number of anilines is 1. The quantitative estimate of drug-likeness (QED) is 0.785. The second-order valence-electron chi connectivity index (χ2n) is 4.55. The molecule has 0 heterocycles. The smallest absolute Gasteiger partial charge is 0.240 e. The monoisotopic (exact) mass is 306 g/mol. The van der Waals surface area contributed by atoms with Gasteiger partial charge < -0.3 is 10.5 Å². The predicted octanol–water partition coefficient (Wildman–Crippen LogP) is 1.79. The molecule has 0 saturated heterocycles. The van der Waals surface area contributed by atoms with Gasteiger partial charge in [-0.05, 0) is 30.5 Å². The highest BCUT2D eigenvalue weighted by Gasteiger charge is 2.19. The fourth-order valence-corrected chi connectivity index (χ4v) is 3.27. The van der Waals surface area contributed by atoms with Gasteiger partial charge in [-0.1, -0.05) is 18.5 Å². The molecule has 0 aromatic heterocycles. The van der Waals surface area contributed by atoms with Gasteiger partial charge in [0.05, 0.1) is 15.6 Å². The first-order valence-electron chi connectivity index (χ1n) is 5.82. The third kappa shape index (κ3) is 4.35. The number of halogens is 1. The Labute approximate surface area is 119 Å². The zero-order chi connectivity index (χ0) is 14.6. The number of sulfonamides is 1. The third-order valence-corrected chi connectivity index (χ3v) is 4.55. The number of nitrogens with one attached hydrogen (secondary N) is 1. The molecule has 0 fully saturated rings. The summed E-state index contributed by atoms with van der Waals surface area (Å²) in [5.41, 5.74) is 6.45. The van der Waals surface area contributed by atoms with Crippen molar-refractivity contribution in [3.05, 3.63) is 22.7 Å². The fourth-order valence-electron chi connectivity index (χ4n) is 1.63. The van der Waals surface area contributed by atoms with E-state index in [1.807, 2.05) is 6.92 Å². The molecule has 0 aliphatic rings. The largest absolute Gasteiger partial charge is 0.397 e. The lowest BCUT2D eigenvalue weighted by Gasteiger charge is -2.14. The van der Waals surface area contributed by atoms with Gasteiger partial charge in [0, 0.05) is 20.3 Å². The second-order valence-corrected chi connectivity index (χ2v) is 6.69. The molecule has 1 rings (SSSR count). The summed E-state index contributed by atoms with van der Waals surface area (Å²) in [6.07, 6.45) is 0. The van der Waals surface area contributed by atoms with E-state index in [1.165, 1.54) is 6.07 Å². The minimum absolute atomic E-state index is 0.0877. The van der Waals surface area contributed by atoms with Crippen LogP contribution in [-0.2, 0) is 14.8 Å². The molecule has 1 aromatic carbocycles. The maximum Gasteiger partial charge on any atom is 0.240 e. The van der Waals surface area contributed by atoms with E-state index in [-0.39, 0.29) is 16.5 Å². The van der Waals surface area contributed by atoms with E-state index in [1.54, 1.807) is 20.1 Å². The molecule has 0 bridgehead atoms. The molecular weight excluding hydrogens is 288 g/mol. The van der Waals surface area contributed by atoms with Gasteiger partial charge in [0.2, 0.25) is 10.0 Å². The van der Waals surface area contributed by atoms with Crippen LogP contribution >= 0.6 is 11.6 Å². The molecule has 0 aliphatic carbocycles. The number of benzene rings is 1. The highest BCUT2D eigenvalue weighted by Crippen LogP contribution is 2.26. The zero-order valence-corrected chi connectivity index (χ0v) is 12.8. The Bertz CT molecular complexity index is 546. The van der Waals surface area contributed by atoms with Crippen LogP contribution in [0.1, 0.15) is 12.5 Å². The molecule has 5 nitrogen and oxygen atoms in total. The summed E-state index contributed by atoms with van der Waals surface area (Å²) >= 11 is 5.85. The van der Waals surface area contributed by atoms with Crippen LogP contribution in [0.2, 0.25) is 5.02 Å². The predicted molar refractivity (Wildman–Crippen MR) is 76.8 cm³/mol. The Balaban J connectivity index is 2.92. The SMILES string of the molecule is COCC(C)CNS(=O)(=O)c1cc(N)c(Cl)cc1C. The summed E-state index contributed by atoms with van der Waals surface area (Å²) in [6.45, 7) is 4.37. The number of aryl methyl sites for hydroxylation is 1. The Kier molecular flexibility index (Phi) is 5.61. The lowest BCUT2D eigenvalue weighted by atomic mass is 10.2. The first-order chi connectivity index (χ1) is 8.77. The number of ether oxygens (including phenoxy) is 1. The van der Waals surface area contributed by atoms with E-state index in [0.717, 1.165) is 0 Å². The standard InChI is InChI=1S/C12H19ClN2O3S/c1-8(7-18-3)6-15-19(16,17)12-5-11(14)10(13)4-9(12)2/h4-5,8,15H,6-7,14H2,1-3H3. The number of hydrogen-bond acceptors (Lipinski definition) is 4. The molecule has 0 aliphatic heterocycles. The maximum atomic E-state index is 12.2. The molecule has 7 heteroatoms. The highest BCUT2D eigenvalue weighted by atomic mass is 35.5. The number of nitrogens with two attached hydrogens (primary N) is 1. The summed E-state index contributed by atoms with van der Waals surface area (Å²) in [7, 11) is -2.01. The van der Waals surface area contributed by atoms with Crippen molar-refractivity contribution < 1.29 is 13.2 Å². The first kappa shape index (κ1) is 16.2. The Morgan fingerprint density at radius 1 is 1.47 bits per heavy atom. The molecule has 3 N–H and O–H groups in total. The van der Waals surface area contributed by atoms with Crippen molar-refractivity contribution in [2.45, 2.75) is 18.7 Å². The molecule has 1 unspecified atom stereocenters. The Morgan fingerprint density at radius 2 is 2.11 bits per heavy atom. The van der Waals surface area contributed by atoms with Crippen LogP contribution in [0.3, 0.4) is 0 Å². The van der Waals surface area contributed by atoms with Gasteiger partial charge in [-0.25, -0.2) is 13.1 Å². The fraction of sp³-hybridized carbons (Fsp3) is 0.500. The Hall–Kier alpha value is -0.820. The summed E-state index contributed by atoms with van der Waals surface area (Å²) in [4.78, 5) is 0.152. The van der Waals surface area contributed by atoms with Crippen LogP contribution < -0.4 is 10.5 Å². The Morgan fingerprint density at radius 3 is 2.68 bits per heavy atom. The van der Waals surface area contributed by atoms with E-state index < -0.39 is 10.0 Å². The van der Waals surface area contributed by atoms with Crippen molar-refractivity contribution in [2.24, 2.45) is 5.92 Å². The molecule has 0 saturated carbocycles. The van der Waals surface area contributed by atoms with E-state index in [2.05, 4.69) is 4.72 Å². The summed E-state index contributed by atoms with van der Waals surface area (Å²) < 4.78 is 31.9. The van der Waals surface area contributed by atoms with Crippen molar-refractivity contribution in [3.8, 4) is 0 Å². The van der Waals surface area contributed by atoms with Crippen LogP contribution in [0, 0.1) is 12.8 Å². The summed E-state index contributed by atoms with van der Waals surface area (Å²) in [5, 5.41) is 0.351. The zero-order valence-electron chi connectivity index (χ0n) is 11.2. The molecule has 0 amide bonds. The van der Waals surface area contributed by atoms with Crippen molar-refractivity contribution in [3.63, 3.8) is 0 Å². The molecule has 19 heavy (non-hydrogen) atoms. The van der Waals surface area contributed by atoms with Gasteiger partial charge in [0.1, 0.15) is 0 Å². The van der Waals surface area contributed by atoms with Crippen molar-refractivity contribution in [1.29, 1.82) is 0 Å². The minimum atomic E-state index is -3.59. The lowest BCUT2D eigenvalue weighted by molar-refractivity contribution is 0.161. The van der Waals surface area contributed by atoms with Crippen LogP contribution in [0.5, 0.6) is 0 Å². The van der Waals surface area contributed by atoms with E-state index in [9.17, 15) is 8.42 Å². The van der Waals surface area contributed by atoms with Gasteiger partial charge in [-0.3, -0.25) is 0 Å². The first-order valence-corrected chi connectivity index (χ1v) is 7.68. The van der Waals surface area contributed by atoms with Crippen LogP contribution in [-0.4, -0.2) is 28.7 Å². The number of hydrogen-bond donors (Lipinski definition) is 2. The van der Waals surface area contributed by atoms with Crippen molar-refractivity contribution in [2.75, 3.05) is 26.0 Å². The average Bonchev–Trinajstić information content (AvgIpc) is 2.31.